The van der Waals surface area contributed by atoms with Crippen LogP contribution in [0.3, 0.4) is 0 Å². The van der Waals surface area contributed by atoms with Crippen molar-refractivity contribution >= 4 is 91.9 Å². The van der Waals surface area contributed by atoms with E-state index in [0.717, 1.165) is 30.3 Å². The first kappa shape index (κ1) is 61.0. The number of hydrogen-bond donors (Lipinski definition) is 6. The van der Waals surface area contributed by atoms with Gasteiger partial charge in [-0.3, -0.25) is 63.4 Å². The number of amides is 5. The summed E-state index contributed by atoms with van der Waals surface area (Å²) in [5, 5.41) is 45.3. The summed E-state index contributed by atoms with van der Waals surface area (Å²) in [6, 6.07) is 3.68. The molecule has 1 heterocycles. The predicted molar refractivity (Wildman–Crippen MR) is 219 cm³/mol. The van der Waals surface area contributed by atoms with E-state index in [-0.39, 0.29) is 90.3 Å². The van der Waals surface area contributed by atoms with Crippen molar-refractivity contribution in [3.8, 4) is 0 Å². The molecule has 0 saturated carbocycles. The fourth-order valence-electron chi connectivity index (χ4n) is 5.09. The van der Waals surface area contributed by atoms with Gasteiger partial charge in [0.05, 0.1) is 41.2 Å². The van der Waals surface area contributed by atoms with E-state index in [1.165, 1.54) is 6.07 Å². The Hall–Kier alpha value is -7.97. The van der Waals surface area contributed by atoms with Crippen molar-refractivity contribution in [3.05, 3.63) is 88.6 Å². The number of aliphatic carboxylic acids is 2. The third kappa shape index (κ3) is 21.0. The number of nitro benzene ring substituents is 2. The number of ketones is 2. The van der Waals surface area contributed by atoms with Gasteiger partial charge in [-0.25, -0.2) is 13.2 Å². The number of imide groups is 1. The fraction of sp³-hybridized carbons (Fsp3) is 0.353. The Morgan fingerprint density at radius 2 is 1.25 bits per heavy atom. The Labute approximate surface area is 407 Å². The van der Waals surface area contributed by atoms with Gasteiger partial charge in [0.15, 0.2) is 5.78 Å². The van der Waals surface area contributed by atoms with Gasteiger partial charge in [0, 0.05) is 59.0 Å². The van der Waals surface area contributed by atoms with Crippen LogP contribution in [0, 0.1) is 20.2 Å². The van der Waals surface area contributed by atoms with Gasteiger partial charge < -0.3 is 42.1 Å². The molecule has 0 aromatic heterocycles. The zero-order chi connectivity index (χ0) is 52.1. The second-order valence-corrected chi connectivity index (χ2v) is 14.8. The summed E-state index contributed by atoms with van der Waals surface area (Å²) in [7, 11) is -5.16. The van der Waals surface area contributed by atoms with Crippen LogP contribution in [0.5, 0.6) is 0 Å². The summed E-state index contributed by atoms with van der Waals surface area (Å²) in [6.45, 7) is 0. The standard InChI is InChI=1S/C15H16N6O7.C11H7N5O9S.C8H14N2O4.Na/c16-13(23)5-3-10(12(22)4-6-14(24)25)18-15(26)9-2-1-8(19-20-17)7-11(9)21(27)28;12-14-13-5-1-2-6(7(3-5)16(20)21)11(19)25-15-9(17)4-8(10(15)18)26(22,23)24;9-5(1-3-7(10)12)6(11)2-4-8(13)14;/h1-2,7,10H,3-6H2,(H2,16,23)(H,18,26)(H,24,25);1-3,8H,4H2,(H,22,23,24);5H,1-4,9H2,(H2,10,12)(H,13,14);/q;;;+1/p-1. The van der Waals surface area contributed by atoms with E-state index in [1.807, 2.05) is 0 Å². The number of rotatable bonds is 23. The average Bonchev–Trinajstić information content (AvgIpc) is 3.54. The SMILES string of the molecule is NC(=O)CCC(N)C(=O)CCC(=O)O.[N-]=[N+]=Nc1ccc(C(=O)NC(CCC(N)=O)C(=O)CCC(=O)O)c([N+](=O)[O-])c1.[N-]=[N+]=Nc1ccc(C(=O)ON2C(=O)CC(S(=O)(=O)[O-])C2=O)c([N+](=O)[O-])c1.[Na+]. The monoisotopic (exact) mass is 1000 g/mol. The van der Waals surface area contributed by atoms with E-state index in [4.69, 9.17) is 38.5 Å². The minimum absolute atomic E-state index is 0. The smallest absolute Gasteiger partial charge is 0.747 e. The number of nitro groups is 2. The summed E-state index contributed by atoms with van der Waals surface area (Å²) in [5.41, 5.74) is 29.1. The number of nitrogens with one attached hydrogen (secondary N) is 1. The number of carboxylic acid groups (broad SMARTS) is 2. The third-order valence-electron chi connectivity index (χ3n) is 8.38. The number of carbonyl (C=O) groups is 10. The number of Topliss-reactive ketones (excluding diaryl/α,β-unsaturated/α-hetero) is 2. The van der Waals surface area contributed by atoms with E-state index < -0.39 is 132 Å². The molecule has 1 fully saturated rings. The fourth-order valence-corrected chi connectivity index (χ4v) is 5.77. The Morgan fingerprint density at radius 3 is 1.67 bits per heavy atom. The molecule has 5 amide bonds. The van der Waals surface area contributed by atoms with Gasteiger partial charge >= 0.3 is 47.5 Å². The summed E-state index contributed by atoms with van der Waals surface area (Å²) < 4.78 is 32.7. The van der Waals surface area contributed by atoms with Crippen molar-refractivity contribution in [2.75, 3.05) is 0 Å². The number of carbonyl (C=O) groups excluding carboxylic acids is 8. The Balaban J connectivity index is 0.00000105. The van der Waals surface area contributed by atoms with Crippen molar-refractivity contribution in [2.45, 2.75) is 75.1 Å². The molecule has 69 heavy (non-hydrogen) atoms. The van der Waals surface area contributed by atoms with Gasteiger partial charge in [-0.05, 0) is 36.0 Å². The van der Waals surface area contributed by atoms with Crippen molar-refractivity contribution in [2.24, 2.45) is 27.4 Å². The molecule has 3 unspecified atom stereocenters. The number of carboxylic acids is 2. The quantitative estimate of drug-likeness (QED) is 0.00990. The van der Waals surface area contributed by atoms with E-state index in [2.05, 4.69) is 30.2 Å². The molecule has 0 aliphatic carbocycles. The molecule has 364 valence electrons. The molecule has 2 aromatic carbocycles. The third-order valence-corrected chi connectivity index (χ3v) is 9.45. The molecule has 0 bridgehead atoms. The number of nitrogens with zero attached hydrogens (tertiary/aromatic N) is 9. The molecule has 0 radical (unpaired) electrons. The van der Waals surface area contributed by atoms with Crippen LogP contribution >= 0.6 is 0 Å². The zero-order valence-electron chi connectivity index (χ0n) is 35.5. The number of benzene rings is 2. The largest absolute Gasteiger partial charge is 1.00 e. The summed E-state index contributed by atoms with van der Waals surface area (Å²) in [4.78, 5) is 143. The van der Waals surface area contributed by atoms with E-state index in [0.29, 0.717) is 0 Å². The van der Waals surface area contributed by atoms with Crippen LogP contribution in [0.2, 0.25) is 0 Å². The van der Waals surface area contributed by atoms with Gasteiger partial charge in [-0.15, -0.1) is 5.06 Å². The van der Waals surface area contributed by atoms with Crippen LogP contribution in [-0.4, -0.2) is 114 Å². The first-order valence-corrected chi connectivity index (χ1v) is 19.9. The van der Waals surface area contributed by atoms with Gasteiger partial charge in [-0.1, -0.05) is 22.4 Å². The number of primary amides is 2. The van der Waals surface area contributed by atoms with Crippen LogP contribution in [0.1, 0.15) is 78.5 Å². The molecule has 1 aliphatic heterocycles. The molecule has 9 N–H and O–H groups in total. The van der Waals surface area contributed by atoms with Crippen LogP contribution in [0.15, 0.2) is 46.6 Å². The number of hydrogen-bond acceptors (Lipinski definition) is 21. The molecule has 35 heteroatoms. The Morgan fingerprint density at radius 1 is 0.797 bits per heavy atom. The molecule has 1 saturated heterocycles. The molecule has 1 aliphatic rings. The van der Waals surface area contributed by atoms with E-state index in [1.54, 1.807) is 0 Å². The van der Waals surface area contributed by atoms with Crippen LogP contribution in [-0.2, 0) is 53.3 Å². The number of azide groups is 2. The second kappa shape index (κ2) is 28.9. The van der Waals surface area contributed by atoms with Crippen LogP contribution in [0.4, 0.5) is 22.7 Å². The van der Waals surface area contributed by atoms with Crippen molar-refractivity contribution in [1.82, 2.24) is 10.4 Å². The normalized spacial score (nSPS) is 13.3. The zero-order valence-corrected chi connectivity index (χ0v) is 38.3. The Bertz CT molecular complexity index is 2600. The minimum Gasteiger partial charge on any atom is -0.747 e. The van der Waals surface area contributed by atoms with Crippen molar-refractivity contribution < 1.29 is 115 Å². The van der Waals surface area contributed by atoms with E-state index in [9.17, 15) is 81.1 Å². The Kier molecular flexibility index (Phi) is 25.6. The van der Waals surface area contributed by atoms with Gasteiger partial charge in [0.1, 0.15) is 32.3 Å². The van der Waals surface area contributed by atoms with Crippen LogP contribution in [0.25, 0.3) is 20.9 Å². The summed E-state index contributed by atoms with van der Waals surface area (Å²) >= 11 is 0. The first-order chi connectivity index (χ1) is 31.6. The summed E-state index contributed by atoms with van der Waals surface area (Å²) in [6.07, 6.45) is -2.48. The molecule has 3 rings (SSSR count). The minimum atomic E-state index is -5.16. The molecule has 33 nitrogen and oxygen atoms in total. The molecular formula is C34H36N13NaO20S. The maximum absolute atomic E-state index is 12.4. The van der Waals surface area contributed by atoms with Crippen molar-refractivity contribution in [3.63, 3.8) is 0 Å². The number of nitrogens with two attached hydrogens (primary N) is 3. The maximum atomic E-state index is 12.4. The second-order valence-electron chi connectivity index (χ2n) is 13.2. The topological polar surface area (TPSA) is 555 Å². The van der Waals surface area contributed by atoms with Crippen molar-refractivity contribution in [1.29, 1.82) is 0 Å². The van der Waals surface area contributed by atoms with E-state index >= 15 is 0 Å². The maximum Gasteiger partial charge on any atom is 1.00 e. The molecular weight excluding hydrogens is 966 g/mol. The summed E-state index contributed by atoms with van der Waals surface area (Å²) in [5.74, 6) is -9.92. The van der Waals surface area contributed by atoms with Gasteiger partial charge in [0.2, 0.25) is 11.8 Å². The molecule has 3 atom stereocenters. The predicted octanol–water partition coefficient (Wildman–Crippen LogP) is -2.37. The van der Waals surface area contributed by atoms with Gasteiger partial charge in [0.25, 0.3) is 29.1 Å². The first-order valence-electron chi connectivity index (χ1n) is 18.5. The molecule has 2 aromatic rings. The molecule has 0 spiro atoms. The van der Waals surface area contributed by atoms with Gasteiger partial charge in [-0.2, -0.15) is 0 Å². The van der Waals surface area contributed by atoms with Crippen LogP contribution < -0.4 is 52.1 Å². The number of hydroxylamine groups is 2. The average molecular weight is 1000 g/mol.